The molecule has 0 bridgehead atoms. The standard InChI is InChI=1S/C16H10F4O/c17-12-5-3-4-11(10-12)8-9-15(21)13-6-1-2-7-14(13)16(18,19)20/h1-10H. The van der Waals surface area contributed by atoms with E-state index < -0.39 is 28.9 Å². The van der Waals surface area contributed by atoms with Crippen LogP contribution in [0.15, 0.2) is 54.6 Å². The molecule has 0 spiro atoms. The van der Waals surface area contributed by atoms with E-state index in [1.807, 2.05) is 0 Å². The first-order chi connectivity index (χ1) is 9.88. The largest absolute Gasteiger partial charge is 0.417 e. The first-order valence-electron chi connectivity index (χ1n) is 6.02. The number of halogens is 4. The highest BCUT2D eigenvalue weighted by Gasteiger charge is 2.34. The lowest BCUT2D eigenvalue weighted by molar-refractivity contribution is -0.137. The van der Waals surface area contributed by atoms with Crippen molar-refractivity contribution < 1.29 is 22.4 Å². The lowest BCUT2D eigenvalue weighted by atomic mass is 10.0. The average molecular weight is 294 g/mol. The summed E-state index contributed by atoms with van der Waals surface area (Å²) in [6.45, 7) is 0. The van der Waals surface area contributed by atoms with Gasteiger partial charge in [0.25, 0.3) is 0 Å². The van der Waals surface area contributed by atoms with Crippen molar-refractivity contribution in [2.24, 2.45) is 0 Å². The van der Waals surface area contributed by atoms with Crippen LogP contribution in [0.3, 0.4) is 0 Å². The SMILES string of the molecule is O=C(C=Cc1cccc(F)c1)c1ccccc1C(F)(F)F. The van der Waals surface area contributed by atoms with Crippen molar-refractivity contribution in [3.05, 3.63) is 77.1 Å². The molecule has 0 atom stereocenters. The van der Waals surface area contributed by atoms with E-state index in [-0.39, 0.29) is 0 Å². The first-order valence-corrected chi connectivity index (χ1v) is 6.02. The van der Waals surface area contributed by atoms with Gasteiger partial charge in [0, 0.05) is 5.56 Å². The van der Waals surface area contributed by atoms with Crippen LogP contribution in [-0.4, -0.2) is 5.78 Å². The molecule has 0 radical (unpaired) electrons. The van der Waals surface area contributed by atoms with Crippen LogP contribution < -0.4 is 0 Å². The second-order valence-electron chi connectivity index (χ2n) is 4.30. The highest BCUT2D eigenvalue weighted by atomic mass is 19.4. The second kappa shape index (κ2) is 5.91. The van der Waals surface area contributed by atoms with Gasteiger partial charge in [0.2, 0.25) is 0 Å². The molecule has 0 saturated heterocycles. The summed E-state index contributed by atoms with van der Waals surface area (Å²) in [6.07, 6.45) is -2.32. The molecule has 0 amide bonds. The molecule has 2 aromatic carbocycles. The van der Waals surface area contributed by atoms with E-state index in [0.717, 1.165) is 18.2 Å². The van der Waals surface area contributed by atoms with Gasteiger partial charge in [-0.3, -0.25) is 4.79 Å². The van der Waals surface area contributed by atoms with E-state index in [2.05, 4.69) is 0 Å². The third-order valence-corrected chi connectivity index (χ3v) is 2.77. The number of hydrogen-bond acceptors (Lipinski definition) is 1. The molecule has 0 aliphatic carbocycles. The smallest absolute Gasteiger partial charge is 0.289 e. The number of allylic oxidation sites excluding steroid dienone is 1. The van der Waals surface area contributed by atoms with Crippen molar-refractivity contribution in [1.29, 1.82) is 0 Å². The molecular weight excluding hydrogens is 284 g/mol. The number of carbonyl (C=O) groups excluding carboxylic acids is 1. The maximum absolute atomic E-state index is 13.0. The van der Waals surface area contributed by atoms with E-state index in [1.54, 1.807) is 6.07 Å². The van der Waals surface area contributed by atoms with Crippen molar-refractivity contribution >= 4 is 11.9 Å². The minimum Gasteiger partial charge on any atom is -0.289 e. The molecule has 0 heterocycles. The lowest BCUT2D eigenvalue weighted by Gasteiger charge is -2.10. The van der Waals surface area contributed by atoms with E-state index in [0.29, 0.717) is 5.56 Å². The van der Waals surface area contributed by atoms with Gasteiger partial charge in [0.1, 0.15) is 5.82 Å². The van der Waals surface area contributed by atoms with Crippen molar-refractivity contribution in [1.82, 2.24) is 0 Å². The Bertz CT molecular complexity index is 687. The van der Waals surface area contributed by atoms with Crippen LogP contribution in [0.25, 0.3) is 6.08 Å². The van der Waals surface area contributed by atoms with Gasteiger partial charge in [0.05, 0.1) is 5.56 Å². The predicted molar refractivity (Wildman–Crippen MR) is 71.2 cm³/mol. The molecule has 0 aromatic heterocycles. The summed E-state index contributed by atoms with van der Waals surface area (Å²) in [5.41, 5.74) is -1.02. The fourth-order valence-corrected chi connectivity index (χ4v) is 1.82. The Kier molecular flexibility index (Phi) is 4.21. The monoisotopic (exact) mass is 294 g/mol. The van der Waals surface area contributed by atoms with Gasteiger partial charge in [-0.1, -0.05) is 36.4 Å². The molecule has 5 heteroatoms. The van der Waals surface area contributed by atoms with E-state index in [4.69, 9.17) is 0 Å². The molecule has 1 nitrogen and oxygen atoms in total. The summed E-state index contributed by atoms with van der Waals surface area (Å²) < 4.78 is 51.4. The zero-order valence-corrected chi connectivity index (χ0v) is 10.7. The Morgan fingerprint density at radius 2 is 1.71 bits per heavy atom. The third-order valence-electron chi connectivity index (χ3n) is 2.77. The van der Waals surface area contributed by atoms with Crippen LogP contribution >= 0.6 is 0 Å². The van der Waals surface area contributed by atoms with Crippen LogP contribution in [-0.2, 0) is 6.18 Å². The van der Waals surface area contributed by atoms with Crippen molar-refractivity contribution in [3.8, 4) is 0 Å². The van der Waals surface area contributed by atoms with Gasteiger partial charge < -0.3 is 0 Å². The zero-order valence-electron chi connectivity index (χ0n) is 10.7. The lowest BCUT2D eigenvalue weighted by Crippen LogP contribution is -2.11. The number of carbonyl (C=O) groups is 1. The molecule has 0 unspecified atom stereocenters. The highest BCUT2D eigenvalue weighted by molar-refractivity contribution is 6.07. The molecule has 2 rings (SSSR count). The number of alkyl halides is 3. The number of benzene rings is 2. The van der Waals surface area contributed by atoms with E-state index in [1.165, 1.54) is 36.4 Å². The summed E-state index contributed by atoms with van der Waals surface area (Å²) in [5, 5.41) is 0. The molecule has 2 aromatic rings. The Balaban J connectivity index is 2.29. The van der Waals surface area contributed by atoms with Crippen molar-refractivity contribution in [3.63, 3.8) is 0 Å². The Labute approximate surface area is 118 Å². The Morgan fingerprint density at radius 3 is 2.38 bits per heavy atom. The van der Waals surface area contributed by atoms with Crippen LogP contribution in [0.4, 0.5) is 17.6 Å². The quantitative estimate of drug-likeness (QED) is 0.454. The van der Waals surface area contributed by atoms with Gasteiger partial charge >= 0.3 is 6.18 Å². The topological polar surface area (TPSA) is 17.1 Å². The van der Waals surface area contributed by atoms with E-state index in [9.17, 15) is 22.4 Å². The van der Waals surface area contributed by atoms with E-state index >= 15 is 0 Å². The third kappa shape index (κ3) is 3.78. The molecule has 0 aliphatic heterocycles. The van der Waals surface area contributed by atoms with Gasteiger partial charge in [0.15, 0.2) is 5.78 Å². The zero-order chi connectivity index (χ0) is 15.5. The Morgan fingerprint density at radius 1 is 1.00 bits per heavy atom. The summed E-state index contributed by atoms with van der Waals surface area (Å²) in [7, 11) is 0. The fourth-order valence-electron chi connectivity index (χ4n) is 1.82. The van der Waals surface area contributed by atoms with Gasteiger partial charge in [-0.05, 0) is 29.8 Å². The molecule has 21 heavy (non-hydrogen) atoms. The fraction of sp³-hybridized carbons (Fsp3) is 0.0625. The minimum atomic E-state index is -4.60. The van der Waals surface area contributed by atoms with Crippen LogP contribution in [0.2, 0.25) is 0 Å². The van der Waals surface area contributed by atoms with Gasteiger partial charge in [-0.15, -0.1) is 0 Å². The Hall–Kier alpha value is -2.43. The summed E-state index contributed by atoms with van der Waals surface area (Å²) in [4.78, 5) is 11.9. The number of ketones is 1. The maximum Gasteiger partial charge on any atom is 0.417 e. The van der Waals surface area contributed by atoms with Gasteiger partial charge in [-0.25, -0.2) is 4.39 Å². The minimum absolute atomic E-state index is 0.396. The number of hydrogen-bond donors (Lipinski definition) is 0. The van der Waals surface area contributed by atoms with Crippen LogP contribution in [0.5, 0.6) is 0 Å². The highest BCUT2D eigenvalue weighted by Crippen LogP contribution is 2.32. The predicted octanol–water partition coefficient (Wildman–Crippen LogP) is 4.74. The molecule has 108 valence electrons. The van der Waals surface area contributed by atoms with Crippen LogP contribution in [0, 0.1) is 5.82 Å². The van der Waals surface area contributed by atoms with Crippen molar-refractivity contribution in [2.75, 3.05) is 0 Å². The molecule has 0 aliphatic rings. The van der Waals surface area contributed by atoms with Gasteiger partial charge in [-0.2, -0.15) is 13.2 Å². The summed E-state index contributed by atoms with van der Waals surface area (Å²) in [6, 6.07) is 9.95. The molecule has 0 saturated carbocycles. The summed E-state index contributed by atoms with van der Waals surface area (Å²) >= 11 is 0. The first kappa shape index (κ1) is 15.0. The molecular formula is C16H10F4O. The normalized spacial score (nSPS) is 11.8. The van der Waals surface area contributed by atoms with Crippen LogP contribution in [0.1, 0.15) is 21.5 Å². The average Bonchev–Trinajstić information content (AvgIpc) is 2.44. The maximum atomic E-state index is 13.0. The molecule has 0 N–H and O–H groups in total. The van der Waals surface area contributed by atoms with Crippen molar-refractivity contribution in [2.45, 2.75) is 6.18 Å². The second-order valence-corrected chi connectivity index (χ2v) is 4.30. The summed E-state index contributed by atoms with van der Waals surface area (Å²) in [5.74, 6) is -1.27. The molecule has 0 fully saturated rings. The number of rotatable bonds is 3.